The lowest BCUT2D eigenvalue weighted by Crippen LogP contribution is -2.47. The maximum absolute atomic E-state index is 15.6. The molecule has 0 unspecified atom stereocenters. The first-order chi connectivity index (χ1) is 19.6. The summed E-state index contributed by atoms with van der Waals surface area (Å²) < 4.78 is 27.6. The lowest BCUT2D eigenvalue weighted by Gasteiger charge is -2.44. The van der Waals surface area contributed by atoms with E-state index in [1.54, 1.807) is 0 Å². The molecule has 1 N–H and O–H groups in total. The van der Waals surface area contributed by atoms with Gasteiger partial charge in [0.05, 0.1) is 18.6 Å². The summed E-state index contributed by atoms with van der Waals surface area (Å²) in [5, 5.41) is 10.5. The van der Waals surface area contributed by atoms with Crippen LogP contribution in [-0.4, -0.2) is 40.1 Å². The summed E-state index contributed by atoms with van der Waals surface area (Å²) in [6.07, 6.45) is 4.64. The number of hydrogen-bond acceptors (Lipinski definition) is 4. The van der Waals surface area contributed by atoms with Gasteiger partial charge in [-0.3, -0.25) is 4.79 Å². The van der Waals surface area contributed by atoms with Crippen LogP contribution in [0.25, 0.3) is 11.1 Å². The zero-order chi connectivity index (χ0) is 30.7. The van der Waals surface area contributed by atoms with Gasteiger partial charge in [0.25, 0.3) is 0 Å². The fraction of sp³-hybridized carbons (Fsp3) is 0.600. The Morgan fingerprint density at radius 3 is 2.48 bits per heavy atom. The average Bonchev–Trinajstić information content (AvgIpc) is 2.90. The third-order valence-electron chi connectivity index (χ3n) is 9.58. The Bertz CT molecular complexity index is 1440. The molecular formula is C35H46FNO5. The molecule has 0 bridgehead atoms. The van der Waals surface area contributed by atoms with Crippen molar-refractivity contribution < 1.29 is 28.6 Å². The number of rotatable bonds is 5. The molecule has 2 heterocycles. The van der Waals surface area contributed by atoms with E-state index in [-0.39, 0.29) is 23.8 Å². The third-order valence-corrected chi connectivity index (χ3v) is 9.58. The first-order valence-electron chi connectivity index (χ1n) is 15.4. The van der Waals surface area contributed by atoms with Crippen LogP contribution in [-0.2, 0) is 33.7 Å². The number of aliphatic carboxylic acids is 1. The van der Waals surface area contributed by atoms with Crippen molar-refractivity contribution in [2.24, 2.45) is 5.41 Å². The van der Waals surface area contributed by atoms with E-state index in [4.69, 9.17) is 9.47 Å². The number of halogens is 1. The van der Waals surface area contributed by atoms with Gasteiger partial charge in [0.15, 0.2) is 17.7 Å². The lowest BCUT2D eigenvalue weighted by molar-refractivity contribution is -0.160. The van der Waals surface area contributed by atoms with Crippen LogP contribution in [0.2, 0.25) is 0 Å². The molecule has 1 aliphatic carbocycles. The highest BCUT2D eigenvalue weighted by Crippen LogP contribution is 2.47. The molecule has 0 radical (unpaired) electrons. The topological polar surface area (TPSA) is 76.1 Å². The van der Waals surface area contributed by atoms with Gasteiger partial charge in [0.1, 0.15) is 0 Å². The number of carboxylic acid groups (broad SMARTS) is 1. The van der Waals surface area contributed by atoms with E-state index in [1.807, 2.05) is 46.4 Å². The van der Waals surface area contributed by atoms with Crippen molar-refractivity contribution in [1.82, 2.24) is 4.90 Å². The highest BCUT2D eigenvalue weighted by atomic mass is 19.1. The van der Waals surface area contributed by atoms with Gasteiger partial charge in [-0.2, -0.15) is 0 Å². The van der Waals surface area contributed by atoms with Crippen LogP contribution in [0.5, 0.6) is 5.75 Å². The summed E-state index contributed by atoms with van der Waals surface area (Å²) in [6.45, 7) is 16.9. The number of carbonyl (C=O) groups is 2. The molecule has 3 aliphatic rings. The standard InChI is InChI=1S/C35H46FNO5/c1-19-23-12-10-14-41-31(23)27(36)15-25(19)29-21(3)26-18-37(22-11-9-13-35(7,8)17-22)28(38)16-24(26)20(2)30(29)32(33(39)40)42-34(4,5)6/h15,22,32H,9-14,16-18H2,1-8H3,(H,39,40)/t22-,32+/m1/s1. The van der Waals surface area contributed by atoms with E-state index in [0.717, 1.165) is 65.5 Å². The van der Waals surface area contributed by atoms with E-state index in [2.05, 4.69) is 13.8 Å². The van der Waals surface area contributed by atoms with Crippen molar-refractivity contribution in [3.63, 3.8) is 0 Å². The molecule has 2 aliphatic heterocycles. The van der Waals surface area contributed by atoms with Gasteiger partial charge in [-0.1, -0.05) is 20.3 Å². The van der Waals surface area contributed by atoms with Gasteiger partial charge in [0, 0.05) is 23.7 Å². The second-order valence-electron chi connectivity index (χ2n) is 14.3. The van der Waals surface area contributed by atoms with Gasteiger partial charge in [0.2, 0.25) is 5.91 Å². The van der Waals surface area contributed by atoms with Crippen molar-refractivity contribution in [2.75, 3.05) is 6.61 Å². The molecule has 0 aromatic heterocycles. The molecule has 6 nitrogen and oxygen atoms in total. The number of ether oxygens (including phenoxy) is 2. The number of fused-ring (bicyclic) bond motifs is 2. The molecule has 2 aromatic carbocycles. The normalized spacial score (nSPS) is 20.9. The average molecular weight is 580 g/mol. The SMILES string of the molecule is Cc1c(-c2c(C)c3c(c(C)c2[C@H](OC(C)(C)C)C(=O)O)CC(=O)N([C@@H]2CCCC(C)(C)C2)C3)cc(F)c2c1CCCO2. The lowest BCUT2D eigenvalue weighted by atomic mass is 9.73. The molecule has 5 rings (SSSR count). The zero-order valence-electron chi connectivity index (χ0n) is 26.5. The summed E-state index contributed by atoms with van der Waals surface area (Å²) in [6, 6.07) is 1.68. The molecule has 1 amide bonds. The van der Waals surface area contributed by atoms with Crippen LogP contribution in [0.1, 0.15) is 112 Å². The Labute approximate surface area is 249 Å². The minimum Gasteiger partial charge on any atom is -0.490 e. The summed E-state index contributed by atoms with van der Waals surface area (Å²) in [7, 11) is 0. The predicted molar refractivity (Wildman–Crippen MR) is 161 cm³/mol. The van der Waals surface area contributed by atoms with E-state index in [0.29, 0.717) is 42.0 Å². The quantitative estimate of drug-likeness (QED) is 0.396. The van der Waals surface area contributed by atoms with E-state index < -0.39 is 23.5 Å². The summed E-state index contributed by atoms with van der Waals surface area (Å²) >= 11 is 0. The first-order valence-corrected chi connectivity index (χ1v) is 15.4. The van der Waals surface area contributed by atoms with Gasteiger partial charge >= 0.3 is 5.97 Å². The number of carbonyl (C=O) groups excluding carboxylic acids is 1. The molecule has 0 spiro atoms. The zero-order valence-corrected chi connectivity index (χ0v) is 26.5. The maximum atomic E-state index is 15.6. The van der Waals surface area contributed by atoms with Crippen LogP contribution < -0.4 is 4.74 Å². The number of benzene rings is 2. The molecule has 2 atom stereocenters. The highest BCUT2D eigenvalue weighted by Gasteiger charge is 2.40. The van der Waals surface area contributed by atoms with E-state index in [1.165, 1.54) is 6.07 Å². The van der Waals surface area contributed by atoms with Gasteiger partial charge < -0.3 is 19.5 Å². The summed E-state index contributed by atoms with van der Waals surface area (Å²) in [5.74, 6) is -1.16. The van der Waals surface area contributed by atoms with Crippen molar-refractivity contribution in [1.29, 1.82) is 0 Å². The molecule has 228 valence electrons. The predicted octanol–water partition coefficient (Wildman–Crippen LogP) is 7.54. The Morgan fingerprint density at radius 1 is 1.12 bits per heavy atom. The Morgan fingerprint density at radius 2 is 1.83 bits per heavy atom. The molecule has 42 heavy (non-hydrogen) atoms. The van der Waals surface area contributed by atoms with Crippen molar-refractivity contribution >= 4 is 11.9 Å². The van der Waals surface area contributed by atoms with Crippen LogP contribution in [0.4, 0.5) is 4.39 Å². The Balaban J connectivity index is 1.75. The van der Waals surface area contributed by atoms with Crippen LogP contribution in [0, 0.1) is 32.0 Å². The number of amides is 1. The minimum atomic E-state index is -1.29. The minimum absolute atomic E-state index is 0.0863. The maximum Gasteiger partial charge on any atom is 0.337 e. The number of hydrogen-bond donors (Lipinski definition) is 1. The van der Waals surface area contributed by atoms with Crippen molar-refractivity contribution in [3.05, 3.63) is 50.8 Å². The van der Waals surface area contributed by atoms with Crippen LogP contribution in [0.15, 0.2) is 6.07 Å². The number of nitrogens with zero attached hydrogens (tertiary/aromatic N) is 1. The molecule has 0 saturated heterocycles. The molecule has 7 heteroatoms. The highest BCUT2D eigenvalue weighted by molar-refractivity contribution is 5.89. The molecule has 1 fully saturated rings. The second-order valence-corrected chi connectivity index (χ2v) is 14.3. The number of carboxylic acids is 1. The summed E-state index contributed by atoms with van der Waals surface area (Å²) in [5.41, 5.74) is 6.60. The van der Waals surface area contributed by atoms with Gasteiger partial charge in [-0.15, -0.1) is 0 Å². The Kier molecular flexibility index (Phi) is 7.97. The molecule has 1 saturated carbocycles. The van der Waals surface area contributed by atoms with Gasteiger partial charge in [-0.25, -0.2) is 9.18 Å². The third kappa shape index (κ3) is 5.57. The summed E-state index contributed by atoms with van der Waals surface area (Å²) in [4.78, 5) is 28.6. The second kappa shape index (κ2) is 11.0. The smallest absolute Gasteiger partial charge is 0.337 e. The van der Waals surface area contributed by atoms with Crippen molar-refractivity contribution in [2.45, 2.75) is 125 Å². The molecule has 2 aromatic rings. The van der Waals surface area contributed by atoms with Crippen LogP contribution in [0.3, 0.4) is 0 Å². The van der Waals surface area contributed by atoms with Crippen LogP contribution >= 0.6 is 0 Å². The molecular weight excluding hydrogens is 533 g/mol. The first kappa shape index (κ1) is 30.5. The fourth-order valence-corrected chi connectivity index (χ4v) is 7.56. The van der Waals surface area contributed by atoms with Gasteiger partial charge in [-0.05, 0) is 124 Å². The monoisotopic (exact) mass is 579 g/mol. The van der Waals surface area contributed by atoms with Crippen molar-refractivity contribution in [3.8, 4) is 16.9 Å². The fourth-order valence-electron chi connectivity index (χ4n) is 7.56. The largest absolute Gasteiger partial charge is 0.490 e. The Hall–Kier alpha value is -2.93. The van der Waals surface area contributed by atoms with E-state index in [9.17, 15) is 14.7 Å². The van der Waals surface area contributed by atoms with E-state index >= 15 is 4.39 Å².